The van der Waals surface area contributed by atoms with E-state index in [1.54, 1.807) is 24.3 Å². The van der Waals surface area contributed by atoms with Gasteiger partial charge in [0.05, 0.1) is 21.7 Å². The molecule has 1 aliphatic rings. The van der Waals surface area contributed by atoms with Gasteiger partial charge < -0.3 is 10.2 Å². The molecule has 37 heavy (non-hydrogen) atoms. The van der Waals surface area contributed by atoms with E-state index in [0.29, 0.717) is 48.6 Å². The van der Waals surface area contributed by atoms with Crippen molar-refractivity contribution >= 4 is 32.4 Å². The first kappa shape index (κ1) is 25.1. The maximum atomic E-state index is 13.5. The van der Waals surface area contributed by atoms with Gasteiger partial charge in [-0.3, -0.25) is 4.98 Å². The van der Waals surface area contributed by atoms with E-state index in [1.807, 2.05) is 7.05 Å². The fraction of sp³-hybridized carbons (Fsp3) is 0.240. The lowest BCUT2D eigenvalue weighted by molar-refractivity contribution is -0.137. The predicted molar refractivity (Wildman–Crippen MR) is 134 cm³/mol. The Labute approximate surface area is 211 Å². The number of aromatic nitrogens is 3. The van der Waals surface area contributed by atoms with Gasteiger partial charge in [-0.2, -0.15) is 17.5 Å². The molecule has 5 rings (SSSR count). The highest BCUT2D eigenvalue weighted by Gasteiger charge is 2.34. The van der Waals surface area contributed by atoms with Crippen molar-refractivity contribution in [1.29, 1.82) is 0 Å². The van der Waals surface area contributed by atoms with E-state index in [1.165, 1.54) is 41.1 Å². The number of benzene rings is 2. The standard InChI is InChI=1S/C25H23F3N6O2S/c1-33-11-13-34(14-12-33)37(35,36)19-7-5-18(6-8-19)32-24-20-9-4-17(15-22(20)30-16-31-24)23-21(25(26,27)28)3-2-10-29-23/h2-10,15-16H,11-14H2,1H3,(H,30,31,32). The summed E-state index contributed by atoms with van der Waals surface area (Å²) in [6, 6.07) is 13.3. The smallest absolute Gasteiger partial charge is 0.340 e. The number of nitrogens with zero attached hydrogens (tertiary/aromatic N) is 5. The quantitative estimate of drug-likeness (QED) is 0.411. The van der Waals surface area contributed by atoms with E-state index in [0.717, 1.165) is 6.07 Å². The van der Waals surface area contributed by atoms with Crippen LogP contribution in [0.2, 0.25) is 0 Å². The molecule has 0 aliphatic carbocycles. The number of likely N-dealkylation sites (N-methyl/N-ethyl adjacent to an activating group) is 1. The summed E-state index contributed by atoms with van der Waals surface area (Å²) in [5.41, 5.74) is 0.313. The summed E-state index contributed by atoms with van der Waals surface area (Å²) >= 11 is 0. The molecule has 0 bridgehead atoms. The van der Waals surface area contributed by atoms with E-state index < -0.39 is 21.8 Å². The van der Waals surface area contributed by atoms with Gasteiger partial charge in [0, 0.05) is 49.0 Å². The Kier molecular flexibility index (Phi) is 6.56. The van der Waals surface area contributed by atoms with Crippen molar-refractivity contribution in [2.24, 2.45) is 0 Å². The third-order valence-corrected chi connectivity index (χ3v) is 8.15. The Bertz CT molecular complexity index is 1540. The van der Waals surface area contributed by atoms with Gasteiger partial charge in [-0.25, -0.2) is 18.4 Å². The molecule has 0 unspecified atom stereocenters. The minimum Gasteiger partial charge on any atom is -0.340 e. The molecule has 0 radical (unpaired) electrons. The van der Waals surface area contributed by atoms with Crippen LogP contribution in [0.15, 0.2) is 72.0 Å². The summed E-state index contributed by atoms with van der Waals surface area (Å²) in [6.07, 6.45) is -1.92. The first-order valence-electron chi connectivity index (χ1n) is 11.5. The molecule has 0 spiro atoms. The Balaban J connectivity index is 1.40. The Morgan fingerprint density at radius 3 is 2.35 bits per heavy atom. The molecule has 1 saturated heterocycles. The zero-order chi connectivity index (χ0) is 26.2. The third kappa shape index (κ3) is 5.13. The van der Waals surface area contributed by atoms with Crippen molar-refractivity contribution in [1.82, 2.24) is 24.2 Å². The van der Waals surface area contributed by atoms with Crippen LogP contribution < -0.4 is 5.32 Å². The topological polar surface area (TPSA) is 91.3 Å². The van der Waals surface area contributed by atoms with E-state index in [4.69, 9.17) is 0 Å². The van der Waals surface area contributed by atoms with Gasteiger partial charge in [0.25, 0.3) is 0 Å². The molecule has 3 heterocycles. The van der Waals surface area contributed by atoms with Crippen LogP contribution in [0.4, 0.5) is 24.7 Å². The summed E-state index contributed by atoms with van der Waals surface area (Å²) < 4.78 is 67.8. The van der Waals surface area contributed by atoms with Crippen molar-refractivity contribution in [2.45, 2.75) is 11.1 Å². The number of piperazine rings is 1. The number of hydrogen-bond acceptors (Lipinski definition) is 7. The molecule has 2 aromatic carbocycles. The number of rotatable bonds is 5. The monoisotopic (exact) mass is 528 g/mol. The van der Waals surface area contributed by atoms with Gasteiger partial charge in [0.2, 0.25) is 10.0 Å². The van der Waals surface area contributed by atoms with E-state index in [-0.39, 0.29) is 16.2 Å². The second-order valence-corrected chi connectivity index (χ2v) is 10.6. The molecule has 4 aromatic rings. The fourth-order valence-corrected chi connectivity index (χ4v) is 5.61. The molecular weight excluding hydrogens is 505 g/mol. The van der Waals surface area contributed by atoms with Crippen LogP contribution in [-0.4, -0.2) is 65.8 Å². The first-order chi connectivity index (χ1) is 17.6. The largest absolute Gasteiger partial charge is 0.418 e. The molecule has 1 aliphatic heterocycles. The third-order valence-electron chi connectivity index (χ3n) is 6.24. The second-order valence-electron chi connectivity index (χ2n) is 8.71. The zero-order valence-electron chi connectivity index (χ0n) is 19.8. The number of hydrogen-bond donors (Lipinski definition) is 1. The lowest BCUT2D eigenvalue weighted by Crippen LogP contribution is -2.46. The van der Waals surface area contributed by atoms with Crippen LogP contribution in [0, 0.1) is 0 Å². The van der Waals surface area contributed by atoms with Crippen LogP contribution in [-0.2, 0) is 16.2 Å². The Morgan fingerprint density at radius 1 is 0.919 bits per heavy atom. The van der Waals surface area contributed by atoms with Crippen LogP contribution in [0.25, 0.3) is 22.2 Å². The fourth-order valence-electron chi connectivity index (χ4n) is 4.19. The highest BCUT2D eigenvalue weighted by molar-refractivity contribution is 7.89. The molecule has 0 atom stereocenters. The summed E-state index contributed by atoms with van der Waals surface area (Å²) in [4.78, 5) is 14.7. The number of pyridine rings is 1. The SMILES string of the molecule is CN1CCN(S(=O)(=O)c2ccc(Nc3ncnc4cc(-c5ncccc5C(F)(F)F)ccc34)cc2)CC1. The van der Waals surface area contributed by atoms with Gasteiger partial charge in [0.15, 0.2) is 0 Å². The molecule has 192 valence electrons. The van der Waals surface area contributed by atoms with Crippen molar-refractivity contribution in [3.63, 3.8) is 0 Å². The molecule has 0 amide bonds. The molecular formula is C25H23F3N6O2S. The predicted octanol–water partition coefficient (Wildman–Crippen LogP) is 4.39. The van der Waals surface area contributed by atoms with Gasteiger partial charge in [-0.15, -0.1) is 0 Å². The van der Waals surface area contributed by atoms with Crippen LogP contribution in [0.3, 0.4) is 0 Å². The van der Waals surface area contributed by atoms with Crippen molar-refractivity contribution in [3.05, 3.63) is 72.7 Å². The summed E-state index contributed by atoms with van der Waals surface area (Å²) in [5.74, 6) is 0.434. The maximum absolute atomic E-state index is 13.5. The Hall–Kier alpha value is -3.61. The van der Waals surface area contributed by atoms with E-state index in [2.05, 4.69) is 25.2 Å². The average Bonchev–Trinajstić information content (AvgIpc) is 2.89. The highest BCUT2D eigenvalue weighted by atomic mass is 32.2. The molecule has 1 fully saturated rings. The highest BCUT2D eigenvalue weighted by Crippen LogP contribution is 2.37. The summed E-state index contributed by atoms with van der Waals surface area (Å²) in [7, 11) is -1.63. The molecule has 2 aromatic heterocycles. The molecule has 8 nitrogen and oxygen atoms in total. The van der Waals surface area contributed by atoms with Crippen LogP contribution in [0.1, 0.15) is 5.56 Å². The van der Waals surface area contributed by atoms with Crippen LogP contribution in [0.5, 0.6) is 0 Å². The molecule has 0 saturated carbocycles. The second kappa shape index (κ2) is 9.69. The lowest BCUT2D eigenvalue weighted by atomic mass is 10.0. The number of sulfonamides is 1. The number of anilines is 2. The number of nitrogens with one attached hydrogen (secondary N) is 1. The normalized spacial score (nSPS) is 15.7. The zero-order valence-corrected chi connectivity index (χ0v) is 20.6. The van der Waals surface area contributed by atoms with E-state index in [9.17, 15) is 21.6 Å². The number of alkyl halides is 3. The maximum Gasteiger partial charge on any atom is 0.418 e. The van der Waals surface area contributed by atoms with Crippen LogP contribution >= 0.6 is 0 Å². The first-order valence-corrected chi connectivity index (χ1v) is 12.9. The molecule has 1 N–H and O–H groups in total. The van der Waals surface area contributed by atoms with Gasteiger partial charge >= 0.3 is 6.18 Å². The average molecular weight is 529 g/mol. The summed E-state index contributed by atoms with van der Waals surface area (Å²) in [6.45, 7) is 2.24. The summed E-state index contributed by atoms with van der Waals surface area (Å²) in [5, 5.41) is 3.73. The van der Waals surface area contributed by atoms with Gasteiger partial charge in [-0.05, 0) is 55.6 Å². The molecule has 12 heteroatoms. The number of fused-ring (bicyclic) bond motifs is 1. The van der Waals surface area contributed by atoms with Crippen molar-refractivity contribution < 1.29 is 21.6 Å². The van der Waals surface area contributed by atoms with Crippen molar-refractivity contribution in [2.75, 3.05) is 38.5 Å². The lowest BCUT2D eigenvalue weighted by Gasteiger charge is -2.31. The minimum absolute atomic E-state index is 0.179. The minimum atomic E-state index is -4.54. The number of halogens is 3. The van der Waals surface area contributed by atoms with Crippen molar-refractivity contribution in [3.8, 4) is 11.3 Å². The van der Waals surface area contributed by atoms with Gasteiger partial charge in [0.1, 0.15) is 12.1 Å². The Morgan fingerprint density at radius 2 is 1.65 bits per heavy atom. The van der Waals surface area contributed by atoms with Gasteiger partial charge in [-0.1, -0.05) is 6.07 Å². The van der Waals surface area contributed by atoms with E-state index >= 15 is 0 Å².